The molecule has 0 saturated heterocycles. The molecule has 128 valence electrons. The van der Waals surface area contributed by atoms with E-state index in [0.717, 1.165) is 37.1 Å². The molecule has 1 saturated carbocycles. The van der Waals surface area contributed by atoms with Gasteiger partial charge in [0.1, 0.15) is 5.41 Å². The molecule has 6 nitrogen and oxygen atoms in total. The summed E-state index contributed by atoms with van der Waals surface area (Å²) in [5, 5.41) is 0. The van der Waals surface area contributed by atoms with E-state index in [1.165, 1.54) is 5.56 Å². The first kappa shape index (κ1) is 16.7. The number of nitrogens with two attached hydrogens (primary N) is 2. The number of aryl methyl sites for hydroxylation is 1. The van der Waals surface area contributed by atoms with Gasteiger partial charge in [-0.3, -0.25) is 0 Å². The highest BCUT2D eigenvalue weighted by Gasteiger charge is 2.63. The van der Waals surface area contributed by atoms with E-state index in [1.807, 2.05) is 10.8 Å². The molecule has 4 N–H and O–H groups in total. The van der Waals surface area contributed by atoms with Crippen molar-refractivity contribution in [1.29, 1.82) is 0 Å². The molecule has 1 fully saturated rings. The van der Waals surface area contributed by atoms with Crippen molar-refractivity contribution in [3.8, 4) is 5.69 Å². The Kier molecular flexibility index (Phi) is 4.69. The van der Waals surface area contributed by atoms with Crippen LogP contribution in [0.25, 0.3) is 5.69 Å². The lowest BCUT2D eigenvalue weighted by Crippen LogP contribution is -2.28. The number of aromatic nitrogens is 2. The van der Waals surface area contributed by atoms with Gasteiger partial charge in [0.25, 0.3) is 0 Å². The lowest BCUT2D eigenvalue weighted by atomic mass is 9.98. The maximum absolute atomic E-state index is 12.3. The van der Waals surface area contributed by atoms with Crippen molar-refractivity contribution < 1.29 is 9.63 Å². The first-order chi connectivity index (χ1) is 11.7. The third-order valence-corrected chi connectivity index (χ3v) is 5.02. The number of carbonyl (C=O) groups excluding carboxylic acids is 1. The van der Waals surface area contributed by atoms with Gasteiger partial charge in [-0.15, -0.1) is 0 Å². The van der Waals surface area contributed by atoms with Crippen LogP contribution in [0.5, 0.6) is 0 Å². The number of benzene rings is 1. The average Bonchev–Trinajstić information content (AvgIpc) is 3.15. The van der Waals surface area contributed by atoms with E-state index < -0.39 is 11.4 Å². The lowest BCUT2D eigenvalue weighted by Gasteiger charge is -2.11. The average molecular weight is 328 g/mol. The highest BCUT2D eigenvalue weighted by atomic mass is 16.7. The summed E-state index contributed by atoms with van der Waals surface area (Å²) in [4.78, 5) is 21.3. The zero-order chi connectivity index (χ0) is 17.2. The Morgan fingerprint density at radius 1 is 1.42 bits per heavy atom. The Bertz CT molecular complexity index is 710. The summed E-state index contributed by atoms with van der Waals surface area (Å²) in [6.45, 7) is 2.74. The fourth-order valence-corrected chi connectivity index (χ4v) is 3.41. The van der Waals surface area contributed by atoms with E-state index in [2.05, 4.69) is 41.0 Å². The first-order valence-corrected chi connectivity index (χ1v) is 8.40. The van der Waals surface area contributed by atoms with Crippen LogP contribution < -0.4 is 11.6 Å². The molecule has 1 aliphatic rings. The maximum Gasteiger partial charge on any atom is 0.336 e. The smallest absolute Gasteiger partial charge is 0.336 e. The lowest BCUT2D eigenvalue weighted by molar-refractivity contribution is -0.148. The number of hydrogen-bond donors (Lipinski definition) is 2. The Morgan fingerprint density at radius 3 is 2.79 bits per heavy atom. The molecule has 2 aromatic rings. The van der Waals surface area contributed by atoms with Crippen molar-refractivity contribution in [3.63, 3.8) is 0 Å². The molecule has 3 rings (SSSR count). The minimum Gasteiger partial charge on any atom is -0.373 e. The Hall–Kier alpha value is -2.18. The van der Waals surface area contributed by atoms with E-state index in [-0.39, 0.29) is 5.92 Å². The van der Waals surface area contributed by atoms with Crippen LogP contribution >= 0.6 is 0 Å². The van der Waals surface area contributed by atoms with Crippen LogP contribution in [0.3, 0.4) is 0 Å². The Morgan fingerprint density at radius 2 is 2.17 bits per heavy atom. The molecule has 2 atom stereocenters. The number of carbonyl (C=O) groups is 1. The maximum atomic E-state index is 12.3. The predicted molar refractivity (Wildman–Crippen MR) is 91.3 cm³/mol. The van der Waals surface area contributed by atoms with Gasteiger partial charge < -0.3 is 15.1 Å². The van der Waals surface area contributed by atoms with Gasteiger partial charge >= 0.3 is 5.97 Å². The Labute approximate surface area is 141 Å². The molecule has 1 heterocycles. The minimum atomic E-state index is -0.710. The van der Waals surface area contributed by atoms with Crippen molar-refractivity contribution in [2.75, 3.05) is 6.54 Å². The van der Waals surface area contributed by atoms with Gasteiger partial charge in [0.05, 0.1) is 12.0 Å². The summed E-state index contributed by atoms with van der Waals surface area (Å²) in [6.07, 6.45) is 7.12. The summed E-state index contributed by atoms with van der Waals surface area (Å²) in [7, 11) is 0. The molecule has 0 bridgehead atoms. The van der Waals surface area contributed by atoms with E-state index >= 15 is 0 Å². The topological polar surface area (TPSA) is 96.2 Å². The molecule has 1 aliphatic carbocycles. The van der Waals surface area contributed by atoms with Crippen LogP contribution in [0, 0.1) is 5.92 Å². The summed E-state index contributed by atoms with van der Waals surface area (Å²) < 4.78 is 1.93. The minimum absolute atomic E-state index is 0.197. The standard InChI is InChI=1S/C18H24N4O2/c1-2-13-5-7-15(8-6-13)22-11-16(21-12-22)18(17(23)24-20)10-14(18)4-3-9-19/h5-8,11-12,14H,2-4,9-10,19-20H2,1H3. The van der Waals surface area contributed by atoms with E-state index in [9.17, 15) is 4.79 Å². The molecular formula is C18H24N4O2. The van der Waals surface area contributed by atoms with Crippen molar-refractivity contribution in [1.82, 2.24) is 9.55 Å². The highest BCUT2D eigenvalue weighted by Crippen LogP contribution is 2.56. The van der Waals surface area contributed by atoms with Crippen molar-refractivity contribution in [2.24, 2.45) is 17.5 Å². The summed E-state index contributed by atoms with van der Waals surface area (Å²) in [6, 6.07) is 8.30. The quantitative estimate of drug-likeness (QED) is 0.756. The van der Waals surface area contributed by atoms with Gasteiger partial charge in [0.2, 0.25) is 0 Å². The second kappa shape index (κ2) is 6.75. The van der Waals surface area contributed by atoms with Crippen LogP contribution in [-0.4, -0.2) is 22.1 Å². The third-order valence-electron chi connectivity index (χ3n) is 5.02. The van der Waals surface area contributed by atoms with Crippen LogP contribution in [0.1, 0.15) is 37.4 Å². The molecule has 0 radical (unpaired) electrons. The van der Waals surface area contributed by atoms with Gasteiger partial charge in [-0.25, -0.2) is 9.78 Å². The van der Waals surface area contributed by atoms with Gasteiger partial charge in [-0.05, 0) is 55.8 Å². The zero-order valence-electron chi connectivity index (χ0n) is 13.9. The predicted octanol–water partition coefficient (Wildman–Crippen LogP) is 1.85. The largest absolute Gasteiger partial charge is 0.373 e. The monoisotopic (exact) mass is 328 g/mol. The molecule has 1 aromatic carbocycles. The second-order valence-corrected chi connectivity index (χ2v) is 6.39. The van der Waals surface area contributed by atoms with Crippen molar-refractivity contribution >= 4 is 5.97 Å². The molecule has 24 heavy (non-hydrogen) atoms. The van der Waals surface area contributed by atoms with Crippen LogP contribution in [0.2, 0.25) is 0 Å². The molecule has 0 aliphatic heterocycles. The van der Waals surface area contributed by atoms with Gasteiger partial charge in [0, 0.05) is 11.9 Å². The summed E-state index contributed by atoms with van der Waals surface area (Å²) in [5.41, 5.74) is 7.89. The summed E-state index contributed by atoms with van der Waals surface area (Å²) in [5.74, 6) is 4.96. The van der Waals surface area contributed by atoms with Crippen molar-refractivity contribution in [2.45, 2.75) is 38.0 Å². The molecular weight excluding hydrogens is 304 g/mol. The van der Waals surface area contributed by atoms with Crippen LogP contribution in [0.4, 0.5) is 0 Å². The number of hydrogen-bond acceptors (Lipinski definition) is 5. The van der Waals surface area contributed by atoms with E-state index in [1.54, 1.807) is 6.33 Å². The Balaban J connectivity index is 1.85. The molecule has 1 aromatic heterocycles. The number of rotatable bonds is 7. The van der Waals surface area contributed by atoms with Gasteiger partial charge in [-0.2, -0.15) is 5.90 Å². The number of imidazole rings is 1. The second-order valence-electron chi connectivity index (χ2n) is 6.39. The van der Waals surface area contributed by atoms with E-state index in [4.69, 9.17) is 11.6 Å². The van der Waals surface area contributed by atoms with Gasteiger partial charge in [0.15, 0.2) is 0 Å². The summed E-state index contributed by atoms with van der Waals surface area (Å²) >= 11 is 0. The molecule has 0 spiro atoms. The zero-order valence-corrected chi connectivity index (χ0v) is 13.9. The molecule has 0 amide bonds. The SMILES string of the molecule is CCc1ccc(-n2cnc(C3(C(=O)ON)CC3CCCN)c2)cc1. The fourth-order valence-electron chi connectivity index (χ4n) is 3.41. The van der Waals surface area contributed by atoms with E-state index in [0.29, 0.717) is 6.54 Å². The van der Waals surface area contributed by atoms with Crippen LogP contribution in [0.15, 0.2) is 36.8 Å². The molecule has 2 unspecified atom stereocenters. The highest BCUT2D eigenvalue weighted by molar-refractivity contribution is 5.86. The first-order valence-electron chi connectivity index (χ1n) is 8.40. The molecule has 6 heteroatoms. The van der Waals surface area contributed by atoms with Gasteiger partial charge in [-0.1, -0.05) is 19.1 Å². The fraction of sp³-hybridized carbons (Fsp3) is 0.444. The number of nitrogens with zero attached hydrogens (tertiary/aromatic N) is 2. The van der Waals surface area contributed by atoms with Crippen LogP contribution in [-0.2, 0) is 21.5 Å². The normalized spacial score (nSPS) is 22.4. The van der Waals surface area contributed by atoms with Crippen molar-refractivity contribution in [3.05, 3.63) is 48.0 Å². The third kappa shape index (κ3) is 2.83.